The molecular weight excluding hydrogens is 364 g/mol. The molecule has 2 aromatic rings. The second-order valence-corrected chi connectivity index (χ2v) is 8.19. The van der Waals surface area contributed by atoms with Crippen molar-refractivity contribution in [2.45, 2.75) is 31.7 Å². The highest BCUT2D eigenvalue weighted by Crippen LogP contribution is 2.44. The summed E-state index contributed by atoms with van der Waals surface area (Å²) in [6.45, 7) is 2.00. The van der Waals surface area contributed by atoms with Gasteiger partial charge in [0.15, 0.2) is 5.78 Å². The van der Waals surface area contributed by atoms with Gasteiger partial charge in [0.2, 0.25) is 0 Å². The first kappa shape index (κ1) is 18.1. The first-order chi connectivity index (χ1) is 14.1. The number of benzene rings is 1. The number of aliphatic imine (C=N–C) groups is 1. The standard InChI is InChI=1S/C22H26N6O/c1-27(2)11-5-3-4-10-23-16-6-7-17-21-20(16)22(29)19-14-12-25-26-15(14)8-9-18(19)28(21)13-24-17/h7-9,12-13,21,23H,3-6,10-11H2,1-2H3,(H,25,26). The predicted octanol–water partition coefficient (Wildman–Crippen LogP) is 2.84. The van der Waals surface area contributed by atoms with Crippen molar-refractivity contribution in [3.63, 3.8) is 0 Å². The van der Waals surface area contributed by atoms with Gasteiger partial charge in [-0.2, -0.15) is 5.10 Å². The Hall–Kier alpha value is -2.93. The molecule has 0 spiro atoms. The van der Waals surface area contributed by atoms with Crippen molar-refractivity contribution < 1.29 is 4.79 Å². The average molecular weight is 390 g/mol. The summed E-state index contributed by atoms with van der Waals surface area (Å²) in [5.41, 5.74) is 5.38. The van der Waals surface area contributed by atoms with E-state index < -0.39 is 0 Å². The van der Waals surface area contributed by atoms with E-state index in [0.717, 1.165) is 65.1 Å². The van der Waals surface area contributed by atoms with Crippen LogP contribution in [0.25, 0.3) is 10.9 Å². The highest BCUT2D eigenvalue weighted by Gasteiger charge is 2.44. The van der Waals surface area contributed by atoms with E-state index >= 15 is 0 Å². The fourth-order valence-electron chi connectivity index (χ4n) is 4.53. The number of H-pyrrole nitrogens is 1. The van der Waals surface area contributed by atoms with Gasteiger partial charge in [-0.1, -0.05) is 12.5 Å². The molecule has 0 amide bonds. The minimum atomic E-state index is -0.107. The zero-order chi connectivity index (χ0) is 20.0. The maximum Gasteiger partial charge on any atom is 0.196 e. The number of aromatic amines is 1. The van der Waals surface area contributed by atoms with Crippen molar-refractivity contribution in [2.24, 2.45) is 4.99 Å². The van der Waals surface area contributed by atoms with Gasteiger partial charge in [-0.3, -0.25) is 9.89 Å². The van der Waals surface area contributed by atoms with Gasteiger partial charge in [0.1, 0.15) is 6.04 Å². The monoisotopic (exact) mass is 390 g/mol. The second-order valence-electron chi connectivity index (χ2n) is 8.19. The Bertz CT molecular complexity index is 1060. The minimum absolute atomic E-state index is 0.0967. The molecule has 0 saturated carbocycles. The summed E-state index contributed by atoms with van der Waals surface area (Å²) >= 11 is 0. The Morgan fingerprint density at radius 2 is 2.17 bits per heavy atom. The molecule has 1 atom stereocenters. The van der Waals surface area contributed by atoms with Gasteiger partial charge in [-0.25, -0.2) is 4.99 Å². The van der Waals surface area contributed by atoms with Crippen molar-refractivity contribution >= 4 is 28.7 Å². The summed E-state index contributed by atoms with van der Waals surface area (Å²) in [5.74, 6) is 0.0967. The van der Waals surface area contributed by atoms with Gasteiger partial charge in [-0.15, -0.1) is 0 Å². The third-order valence-corrected chi connectivity index (χ3v) is 5.98. The lowest BCUT2D eigenvalue weighted by Crippen LogP contribution is -2.43. The Kier molecular flexibility index (Phi) is 4.47. The fraction of sp³-hybridized carbons (Fsp3) is 0.409. The molecule has 2 N–H and O–H groups in total. The van der Waals surface area contributed by atoms with Crippen LogP contribution < -0.4 is 10.2 Å². The van der Waals surface area contributed by atoms with E-state index in [0.29, 0.717) is 0 Å². The summed E-state index contributed by atoms with van der Waals surface area (Å²) in [6.07, 6.45) is 9.96. The van der Waals surface area contributed by atoms with Crippen LogP contribution in [0.2, 0.25) is 0 Å². The van der Waals surface area contributed by atoms with Crippen LogP contribution in [-0.2, 0) is 0 Å². The zero-order valence-corrected chi connectivity index (χ0v) is 16.9. The molecular formula is C22H26N6O. The Morgan fingerprint density at radius 1 is 1.28 bits per heavy atom. The molecule has 29 heavy (non-hydrogen) atoms. The van der Waals surface area contributed by atoms with Crippen molar-refractivity contribution in [1.82, 2.24) is 20.4 Å². The van der Waals surface area contributed by atoms with E-state index in [4.69, 9.17) is 0 Å². The fourth-order valence-corrected chi connectivity index (χ4v) is 4.53. The number of carbonyl (C=O) groups excluding carboxylic acids is 1. The van der Waals surface area contributed by atoms with Crippen molar-refractivity contribution in [3.05, 3.63) is 46.9 Å². The number of unbranched alkanes of at least 4 members (excludes halogenated alkanes) is 2. The summed E-state index contributed by atoms with van der Waals surface area (Å²) in [6, 6.07) is 3.87. The van der Waals surface area contributed by atoms with Crippen LogP contribution in [0, 0.1) is 0 Å². The minimum Gasteiger partial charge on any atom is -0.388 e. The van der Waals surface area contributed by atoms with Gasteiger partial charge < -0.3 is 15.1 Å². The molecule has 1 unspecified atom stereocenters. The number of rotatable bonds is 7. The van der Waals surface area contributed by atoms with Crippen LogP contribution in [0.5, 0.6) is 0 Å². The molecule has 0 bridgehead atoms. The third-order valence-electron chi connectivity index (χ3n) is 5.98. The summed E-state index contributed by atoms with van der Waals surface area (Å²) in [7, 11) is 4.21. The van der Waals surface area contributed by atoms with Crippen LogP contribution in [0.3, 0.4) is 0 Å². The number of aromatic nitrogens is 2. The smallest absolute Gasteiger partial charge is 0.196 e. The quantitative estimate of drug-likeness (QED) is 0.711. The Labute approximate surface area is 170 Å². The third kappa shape index (κ3) is 2.97. The van der Waals surface area contributed by atoms with Crippen LogP contribution in [0.15, 0.2) is 46.4 Å². The van der Waals surface area contributed by atoms with Gasteiger partial charge in [0.25, 0.3) is 0 Å². The maximum absolute atomic E-state index is 13.6. The lowest BCUT2D eigenvalue weighted by atomic mass is 9.83. The molecule has 3 aliphatic rings. The molecule has 150 valence electrons. The molecule has 0 fully saturated rings. The van der Waals surface area contributed by atoms with E-state index in [-0.39, 0.29) is 11.8 Å². The lowest BCUT2D eigenvalue weighted by molar-refractivity contribution is 0.102. The SMILES string of the molecule is CN(C)CCCCCNC1=C2C(=O)c3c(ccc4[nH]ncc34)N3C=NC(=CC1)C23. The van der Waals surface area contributed by atoms with E-state index in [1.54, 1.807) is 6.20 Å². The molecule has 1 aromatic heterocycles. The molecule has 0 radical (unpaired) electrons. The van der Waals surface area contributed by atoms with Crippen LogP contribution in [0.1, 0.15) is 36.0 Å². The van der Waals surface area contributed by atoms with Gasteiger partial charge >= 0.3 is 0 Å². The second kappa shape index (κ2) is 7.15. The van der Waals surface area contributed by atoms with E-state index in [1.165, 1.54) is 12.8 Å². The topological polar surface area (TPSA) is 76.6 Å². The molecule has 1 aromatic carbocycles. The molecule has 7 nitrogen and oxygen atoms in total. The number of anilines is 1. The molecule has 7 heteroatoms. The Balaban J connectivity index is 1.44. The summed E-state index contributed by atoms with van der Waals surface area (Å²) in [5, 5.41) is 11.6. The van der Waals surface area contributed by atoms with Gasteiger partial charge in [0.05, 0.1) is 35.0 Å². The maximum atomic E-state index is 13.6. The molecule has 0 saturated heterocycles. The number of carbonyl (C=O) groups is 1. The molecule has 5 rings (SSSR count). The van der Waals surface area contributed by atoms with E-state index in [9.17, 15) is 4.79 Å². The van der Waals surface area contributed by atoms with E-state index in [2.05, 4.69) is 50.5 Å². The highest BCUT2D eigenvalue weighted by molar-refractivity contribution is 6.24. The van der Waals surface area contributed by atoms with Crippen molar-refractivity contribution in [3.8, 4) is 0 Å². The highest BCUT2D eigenvalue weighted by atomic mass is 16.1. The molecule has 2 aliphatic heterocycles. The number of fused-ring (bicyclic) bond motifs is 4. The largest absolute Gasteiger partial charge is 0.388 e. The number of allylic oxidation sites excluding steroid dienone is 1. The average Bonchev–Trinajstić information content (AvgIpc) is 3.35. The Morgan fingerprint density at radius 3 is 3.03 bits per heavy atom. The van der Waals surface area contributed by atoms with Crippen LogP contribution in [0.4, 0.5) is 5.69 Å². The number of ketones is 1. The predicted molar refractivity (Wildman–Crippen MR) is 115 cm³/mol. The lowest BCUT2D eigenvalue weighted by Gasteiger charge is -2.36. The number of hydrogen-bond acceptors (Lipinski definition) is 6. The summed E-state index contributed by atoms with van der Waals surface area (Å²) in [4.78, 5) is 22.6. The number of nitrogens with zero attached hydrogens (tertiary/aromatic N) is 4. The number of nitrogens with one attached hydrogen (secondary N) is 2. The van der Waals surface area contributed by atoms with E-state index in [1.807, 2.05) is 18.5 Å². The first-order valence-corrected chi connectivity index (χ1v) is 10.3. The van der Waals surface area contributed by atoms with Crippen molar-refractivity contribution in [2.75, 3.05) is 32.1 Å². The summed E-state index contributed by atoms with van der Waals surface area (Å²) < 4.78 is 0. The van der Waals surface area contributed by atoms with Gasteiger partial charge in [-0.05, 0) is 45.6 Å². The van der Waals surface area contributed by atoms with Crippen molar-refractivity contribution in [1.29, 1.82) is 0 Å². The normalized spacial score (nSPS) is 19.8. The number of Topliss-reactive ketones (excluding diaryl/α,β-unsaturated/α-hetero) is 1. The molecule has 3 heterocycles. The number of hydrogen-bond donors (Lipinski definition) is 2. The first-order valence-electron chi connectivity index (χ1n) is 10.3. The zero-order valence-electron chi connectivity index (χ0n) is 16.9. The van der Waals surface area contributed by atoms with Crippen LogP contribution in [-0.4, -0.2) is 60.4 Å². The van der Waals surface area contributed by atoms with Crippen LogP contribution >= 0.6 is 0 Å². The van der Waals surface area contributed by atoms with Gasteiger partial charge in [0, 0.05) is 29.6 Å². The molecule has 1 aliphatic carbocycles.